The van der Waals surface area contributed by atoms with Crippen LogP contribution in [-0.2, 0) is 32.5 Å². The summed E-state index contributed by atoms with van der Waals surface area (Å²) in [5, 5.41) is 3.13. The van der Waals surface area contributed by atoms with Gasteiger partial charge in [0.05, 0.1) is 0 Å². The first-order valence-corrected chi connectivity index (χ1v) is 32.9. The van der Waals surface area contributed by atoms with Crippen molar-refractivity contribution in [3.05, 3.63) is 34.9 Å². The number of benzene rings is 1. The molecule has 0 aromatic heterocycles. The largest absolute Gasteiger partial charge is 0.356 e. The van der Waals surface area contributed by atoms with E-state index in [1.807, 2.05) is 12.1 Å². The molecule has 1 aromatic rings. The molecule has 0 bridgehead atoms. The molecule has 0 radical (unpaired) electrons. The first-order chi connectivity index (χ1) is 34.1. The van der Waals surface area contributed by atoms with Crippen molar-refractivity contribution in [1.29, 1.82) is 0 Å². The van der Waals surface area contributed by atoms with Crippen LogP contribution in [0.25, 0.3) is 0 Å². The summed E-state index contributed by atoms with van der Waals surface area (Å²) < 4.78 is 33.9. The summed E-state index contributed by atoms with van der Waals surface area (Å²) in [7, 11) is -4.29. The molecule has 6 heteroatoms. The lowest BCUT2D eigenvalue weighted by molar-refractivity contribution is -0.121. The number of rotatable bonds is 55. The molecule has 1 aromatic carbocycles. The summed E-state index contributed by atoms with van der Waals surface area (Å²) in [5.41, 5.74) is 2.93. The van der Waals surface area contributed by atoms with Crippen LogP contribution in [0.2, 0.25) is 0 Å². The highest BCUT2D eigenvalue weighted by atomic mass is 32.2. The topological polar surface area (TPSA) is 83.5 Å². The van der Waals surface area contributed by atoms with E-state index < -0.39 is 14.9 Å². The summed E-state index contributed by atoms with van der Waals surface area (Å²) in [6, 6.07) is 5.92. The Morgan fingerprint density at radius 1 is 0.414 bits per heavy atom. The summed E-state index contributed by atoms with van der Waals surface area (Å²) >= 11 is 0. The number of carbonyl (C=O) groups excluding carboxylic acids is 1. The first kappa shape index (κ1) is 66.6. The van der Waals surface area contributed by atoms with Crippen LogP contribution in [-0.4, -0.2) is 25.4 Å². The van der Waals surface area contributed by atoms with Crippen LogP contribution in [0, 0.1) is 0 Å². The Kier molecular flexibility index (Phi) is 46.2. The molecule has 0 unspecified atom stereocenters. The lowest BCUT2D eigenvalue weighted by Gasteiger charge is -2.26. The first-order valence-electron chi connectivity index (χ1n) is 31.5. The van der Waals surface area contributed by atoms with E-state index in [1.165, 1.54) is 276 Å². The minimum atomic E-state index is -4.29. The van der Waals surface area contributed by atoms with Gasteiger partial charge in [0.2, 0.25) is 5.91 Å². The smallest absolute Gasteiger partial charge is 0.274 e. The quantitative estimate of drug-likeness (QED) is 0.0503. The third-order valence-corrected chi connectivity index (χ3v) is 17.3. The molecule has 0 spiro atoms. The van der Waals surface area contributed by atoms with Gasteiger partial charge in [-0.3, -0.25) is 9.35 Å². The van der Waals surface area contributed by atoms with Gasteiger partial charge in [0.25, 0.3) is 10.1 Å². The maximum Gasteiger partial charge on any atom is 0.274 e. The van der Waals surface area contributed by atoms with Gasteiger partial charge in [-0.1, -0.05) is 321 Å². The van der Waals surface area contributed by atoms with E-state index >= 15 is 0 Å². The fourth-order valence-electron chi connectivity index (χ4n) is 10.8. The Morgan fingerprint density at radius 2 is 0.700 bits per heavy atom. The number of aryl methyl sites for hydroxylation is 1. The zero-order valence-corrected chi connectivity index (χ0v) is 48.4. The van der Waals surface area contributed by atoms with Gasteiger partial charge < -0.3 is 5.32 Å². The summed E-state index contributed by atoms with van der Waals surface area (Å²) in [4.78, 5) is 12.6. The Labute approximate surface area is 438 Å². The van der Waals surface area contributed by atoms with Crippen molar-refractivity contribution in [1.82, 2.24) is 5.32 Å². The second-order valence-corrected chi connectivity index (χ2v) is 24.8. The Hall–Kier alpha value is -1.40. The van der Waals surface area contributed by atoms with Crippen LogP contribution in [0.5, 0.6) is 0 Å². The molecule has 0 atom stereocenters. The van der Waals surface area contributed by atoms with Crippen molar-refractivity contribution in [2.45, 2.75) is 360 Å². The number of hydrogen-bond donors (Lipinski definition) is 2. The number of unbranched alkanes of at least 4 members (excludes halogenated alkanes) is 45. The molecular formula is C64H121NO4S. The van der Waals surface area contributed by atoms with Crippen molar-refractivity contribution >= 4 is 16.0 Å². The molecular weight excluding hydrogens is 879 g/mol. The Balaban J connectivity index is 2.08. The molecule has 5 nitrogen and oxygen atoms in total. The average molecular weight is 1000 g/mol. The molecule has 1 amide bonds. The molecule has 70 heavy (non-hydrogen) atoms. The lowest BCUT2D eigenvalue weighted by atomic mass is 9.88. The summed E-state index contributed by atoms with van der Waals surface area (Å²) in [5.74, 6) is 0.141. The molecule has 0 fully saturated rings. The van der Waals surface area contributed by atoms with Crippen molar-refractivity contribution in [2.24, 2.45) is 0 Å². The molecule has 412 valence electrons. The molecule has 2 N–H and O–H groups in total. The van der Waals surface area contributed by atoms with Crippen molar-refractivity contribution in [2.75, 3.05) is 6.54 Å². The third kappa shape index (κ3) is 39.1. The third-order valence-electron chi connectivity index (χ3n) is 15.8. The van der Waals surface area contributed by atoms with Gasteiger partial charge >= 0.3 is 0 Å². The predicted octanol–water partition coefficient (Wildman–Crippen LogP) is 21.2. The van der Waals surface area contributed by atoms with Gasteiger partial charge in [0.15, 0.2) is 0 Å². The number of hydrogen-bond acceptors (Lipinski definition) is 3. The van der Waals surface area contributed by atoms with Crippen LogP contribution in [0.1, 0.15) is 359 Å². The SMILES string of the molecule is CCCCCCCCCCCCCCCCCCCCCCCCCCCCCCCCCCc1c(CCCNC(=O)CCCCCCCCCCCCCCCCC)cccc1C(C)(C)S(=O)(=O)O. The highest BCUT2D eigenvalue weighted by Gasteiger charge is 2.36. The maximum absolute atomic E-state index is 12.6. The molecule has 0 aliphatic carbocycles. The predicted molar refractivity (Wildman–Crippen MR) is 309 cm³/mol. The van der Waals surface area contributed by atoms with Gasteiger partial charge in [-0.25, -0.2) is 0 Å². The standard InChI is InChI=1S/C64H121NO4S/c1-5-7-9-11-13-15-17-19-21-22-23-24-25-26-27-28-29-30-31-32-33-34-35-36-37-39-40-42-44-46-48-50-56-61-60(54-52-57-62(61)64(3,4)70(67,68)69)55-53-59-65-63(66)58-51-49-47-45-43-41-38-20-18-16-14-12-10-8-6-2/h52,54,57H,5-51,53,55-56,58-59H2,1-4H3,(H,65,66)(H,67,68,69). The molecule has 0 heterocycles. The van der Waals surface area contributed by atoms with Gasteiger partial charge in [-0.05, 0) is 62.6 Å². The molecule has 1 rings (SSSR count). The van der Waals surface area contributed by atoms with Gasteiger partial charge in [0.1, 0.15) is 4.75 Å². The van der Waals surface area contributed by atoms with Crippen LogP contribution < -0.4 is 5.32 Å². The minimum Gasteiger partial charge on any atom is -0.356 e. The lowest BCUT2D eigenvalue weighted by Crippen LogP contribution is -2.30. The zero-order valence-electron chi connectivity index (χ0n) is 47.6. The second kappa shape index (κ2) is 48.5. The highest BCUT2D eigenvalue weighted by Crippen LogP contribution is 2.34. The zero-order chi connectivity index (χ0) is 50.9. The van der Waals surface area contributed by atoms with Crippen LogP contribution in [0.3, 0.4) is 0 Å². The van der Waals surface area contributed by atoms with Crippen LogP contribution in [0.4, 0.5) is 0 Å². The molecule has 0 aliphatic heterocycles. The van der Waals surface area contributed by atoms with Crippen molar-refractivity contribution in [3.8, 4) is 0 Å². The fraction of sp³-hybridized carbons (Fsp3) is 0.891. The highest BCUT2D eigenvalue weighted by molar-refractivity contribution is 7.86. The number of carbonyl (C=O) groups is 1. The summed E-state index contributed by atoms with van der Waals surface area (Å²) in [6.07, 6.45) is 67.5. The number of amides is 1. The van der Waals surface area contributed by atoms with Gasteiger partial charge in [0, 0.05) is 13.0 Å². The molecule has 0 saturated carbocycles. The Morgan fingerprint density at radius 3 is 1.00 bits per heavy atom. The van der Waals surface area contributed by atoms with Crippen LogP contribution >= 0.6 is 0 Å². The van der Waals surface area contributed by atoms with E-state index in [4.69, 9.17) is 0 Å². The van der Waals surface area contributed by atoms with Gasteiger partial charge in [-0.15, -0.1) is 0 Å². The second-order valence-electron chi connectivity index (χ2n) is 22.8. The average Bonchev–Trinajstić information content (AvgIpc) is 3.34. The molecule has 0 saturated heterocycles. The monoisotopic (exact) mass is 1000 g/mol. The van der Waals surface area contributed by atoms with E-state index in [1.54, 1.807) is 13.8 Å². The minimum absolute atomic E-state index is 0.141. The normalized spacial score (nSPS) is 12.1. The van der Waals surface area contributed by atoms with E-state index in [-0.39, 0.29) is 5.91 Å². The molecule has 0 aliphatic rings. The van der Waals surface area contributed by atoms with Crippen LogP contribution in [0.15, 0.2) is 18.2 Å². The summed E-state index contributed by atoms with van der Waals surface area (Å²) in [6.45, 7) is 8.45. The van der Waals surface area contributed by atoms with Gasteiger partial charge in [-0.2, -0.15) is 8.42 Å². The number of nitrogens with one attached hydrogen (secondary N) is 1. The van der Waals surface area contributed by atoms with E-state index in [0.29, 0.717) is 18.5 Å². The maximum atomic E-state index is 12.6. The van der Waals surface area contributed by atoms with E-state index in [0.717, 1.165) is 56.1 Å². The Bertz CT molecular complexity index is 1390. The van der Waals surface area contributed by atoms with Crippen molar-refractivity contribution in [3.63, 3.8) is 0 Å². The van der Waals surface area contributed by atoms with E-state index in [9.17, 15) is 17.8 Å². The van der Waals surface area contributed by atoms with E-state index in [2.05, 4.69) is 25.2 Å². The van der Waals surface area contributed by atoms with Crippen molar-refractivity contribution < 1.29 is 17.8 Å². The fourth-order valence-corrected chi connectivity index (χ4v) is 11.3.